The first-order valence-electron chi connectivity index (χ1n) is 8.52. The molecule has 0 aliphatic heterocycles. The third-order valence-corrected chi connectivity index (χ3v) is 5.00. The van der Waals surface area contributed by atoms with Gasteiger partial charge < -0.3 is 0 Å². The Hall–Kier alpha value is -1.56. The van der Waals surface area contributed by atoms with E-state index < -0.39 is 0 Å². The van der Waals surface area contributed by atoms with Crippen LogP contribution in [0.4, 0.5) is 0 Å². The summed E-state index contributed by atoms with van der Waals surface area (Å²) in [6, 6.07) is 15.8. The second-order valence-corrected chi connectivity index (χ2v) is 6.40. The Balaban J connectivity index is 1.86. The molecule has 0 N–H and O–H groups in total. The molecule has 0 bridgehead atoms. The molecule has 0 radical (unpaired) electrons. The van der Waals surface area contributed by atoms with Crippen molar-refractivity contribution < 1.29 is 0 Å². The van der Waals surface area contributed by atoms with E-state index in [1.807, 2.05) is 0 Å². The van der Waals surface area contributed by atoms with Gasteiger partial charge in [0.1, 0.15) is 0 Å². The van der Waals surface area contributed by atoms with Crippen LogP contribution in [0, 0.1) is 5.92 Å². The first-order valence-corrected chi connectivity index (χ1v) is 8.52. The minimum Gasteiger partial charge on any atom is -0.0654 e. The molecule has 0 saturated heterocycles. The van der Waals surface area contributed by atoms with Crippen molar-refractivity contribution in [3.05, 3.63) is 59.2 Å². The van der Waals surface area contributed by atoms with Crippen molar-refractivity contribution >= 4 is 0 Å². The summed E-state index contributed by atoms with van der Waals surface area (Å²) in [6.45, 7) is 4.64. The van der Waals surface area contributed by atoms with Gasteiger partial charge in [-0.25, -0.2) is 0 Å². The Bertz CT molecular complexity index is 609. The number of fused-ring (bicyclic) bond motifs is 3. The monoisotopic (exact) mass is 278 g/mol. The molecular weight excluding hydrogens is 252 g/mol. The van der Waals surface area contributed by atoms with E-state index in [2.05, 4.69) is 56.3 Å². The van der Waals surface area contributed by atoms with Crippen LogP contribution in [0.15, 0.2) is 42.5 Å². The standard InChI is InChI=1S/C21H26/c1-3-5-9-16(4-2)14-17-11-8-13-20-19-12-7-6-10-18(19)15-21(17)20/h6-8,10-13,16H,3-5,9,14-15H2,1-2H3. The lowest BCUT2D eigenvalue weighted by molar-refractivity contribution is 0.448. The summed E-state index contributed by atoms with van der Waals surface area (Å²) in [5.41, 5.74) is 7.62. The van der Waals surface area contributed by atoms with Gasteiger partial charge in [0.2, 0.25) is 0 Å². The third-order valence-electron chi connectivity index (χ3n) is 5.00. The molecule has 0 nitrogen and oxygen atoms in total. The van der Waals surface area contributed by atoms with E-state index in [0.29, 0.717) is 0 Å². The maximum Gasteiger partial charge on any atom is -0.00107 e. The van der Waals surface area contributed by atoms with Gasteiger partial charge in [-0.2, -0.15) is 0 Å². The number of hydrogen-bond donors (Lipinski definition) is 0. The zero-order chi connectivity index (χ0) is 14.7. The SMILES string of the molecule is CCCCC(CC)Cc1cccc2c1Cc1ccccc1-2. The molecule has 0 saturated carbocycles. The van der Waals surface area contributed by atoms with Crippen LogP contribution in [0.2, 0.25) is 0 Å². The highest BCUT2D eigenvalue weighted by atomic mass is 14.2. The predicted octanol–water partition coefficient (Wildman–Crippen LogP) is 6.02. The van der Waals surface area contributed by atoms with Crippen molar-refractivity contribution in [1.29, 1.82) is 0 Å². The van der Waals surface area contributed by atoms with E-state index in [0.717, 1.165) is 12.3 Å². The molecule has 2 aromatic rings. The number of benzene rings is 2. The van der Waals surface area contributed by atoms with Crippen molar-refractivity contribution in [2.75, 3.05) is 0 Å². The van der Waals surface area contributed by atoms with Gasteiger partial charge in [-0.1, -0.05) is 82.0 Å². The molecule has 2 aromatic carbocycles. The van der Waals surface area contributed by atoms with Crippen LogP contribution in [0.3, 0.4) is 0 Å². The summed E-state index contributed by atoms with van der Waals surface area (Å²) in [7, 11) is 0. The van der Waals surface area contributed by atoms with Gasteiger partial charge in [0, 0.05) is 0 Å². The van der Waals surface area contributed by atoms with Gasteiger partial charge in [-0.3, -0.25) is 0 Å². The minimum atomic E-state index is 0.847. The lowest BCUT2D eigenvalue weighted by Gasteiger charge is -2.17. The van der Waals surface area contributed by atoms with E-state index in [1.54, 1.807) is 11.1 Å². The van der Waals surface area contributed by atoms with Gasteiger partial charge in [0.25, 0.3) is 0 Å². The summed E-state index contributed by atoms with van der Waals surface area (Å²) in [5, 5.41) is 0. The van der Waals surface area contributed by atoms with Crippen molar-refractivity contribution in [3.8, 4) is 11.1 Å². The number of rotatable bonds is 6. The molecule has 0 spiro atoms. The fourth-order valence-electron chi connectivity index (χ4n) is 3.67. The molecule has 3 rings (SSSR count). The lowest BCUT2D eigenvalue weighted by atomic mass is 9.88. The van der Waals surface area contributed by atoms with Crippen LogP contribution in [-0.2, 0) is 12.8 Å². The molecule has 1 atom stereocenters. The summed E-state index contributed by atoms with van der Waals surface area (Å²) >= 11 is 0. The molecule has 1 aliphatic carbocycles. The minimum absolute atomic E-state index is 0.847. The normalized spacial score (nSPS) is 13.8. The van der Waals surface area contributed by atoms with E-state index >= 15 is 0 Å². The first kappa shape index (κ1) is 14.4. The predicted molar refractivity (Wildman–Crippen MR) is 91.7 cm³/mol. The second kappa shape index (κ2) is 6.47. The highest BCUT2D eigenvalue weighted by Crippen LogP contribution is 2.39. The Labute approximate surface area is 129 Å². The Morgan fingerprint density at radius 3 is 2.57 bits per heavy atom. The summed E-state index contributed by atoms with van der Waals surface area (Å²) in [6.07, 6.45) is 7.75. The van der Waals surface area contributed by atoms with Gasteiger partial charge in [0.05, 0.1) is 0 Å². The van der Waals surface area contributed by atoms with Crippen LogP contribution < -0.4 is 0 Å². The van der Waals surface area contributed by atoms with E-state index in [9.17, 15) is 0 Å². The molecule has 0 heterocycles. The fraction of sp³-hybridized carbons (Fsp3) is 0.429. The van der Waals surface area contributed by atoms with Gasteiger partial charge in [-0.15, -0.1) is 0 Å². The van der Waals surface area contributed by atoms with Crippen molar-refractivity contribution in [2.24, 2.45) is 5.92 Å². The van der Waals surface area contributed by atoms with Crippen LogP contribution in [0.1, 0.15) is 56.2 Å². The molecule has 0 amide bonds. The molecule has 21 heavy (non-hydrogen) atoms. The molecule has 1 unspecified atom stereocenters. The van der Waals surface area contributed by atoms with Crippen molar-refractivity contribution in [2.45, 2.75) is 52.4 Å². The van der Waals surface area contributed by atoms with Crippen molar-refractivity contribution in [1.82, 2.24) is 0 Å². The highest BCUT2D eigenvalue weighted by Gasteiger charge is 2.21. The Morgan fingerprint density at radius 1 is 0.952 bits per heavy atom. The van der Waals surface area contributed by atoms with E-state index in [1.165, 1.54) is 48.8 Å². The number of hydrogen-bond acceptors (Lipinski definition) is 0. The smallest absolute Gasteiger partial charge is 0.00107 e. The largest absolute Gasteiger partial charge is 0.0654 e. The Morgan fingerprint density at radius 2 is 1.76 bits per heavy atom. The maximum absolute atomic E-state index is 2.36. The quantitative estimate of drug-likeness (QED) is 0.517. The van der Waals surface area contributed by atoms with E-state index in [4.69, 9.17) is 0 Å². The molecule has 1 aliphatic rings. The zero-order valence-corrected chi connectivity index (χ0v) is 13.4. The molecule has 0 aromatic heterocycles. The van der Waals surface area contributed by atoms with E-state index in [-0.39, 0.29) is 0 Å². The maximum atomic E-state index is 2.36. The van der Waals surface area contributed by atoms with Gasteiger partial charge in [0.15, 0.2) is 0 Å². The molecular formula is C21H26. The van der Waals surface area contributed by atoms with Crippen LogP contribution in [0.5, 0.6) is 0 Å². The average molecular weight is 278 g/mol. The first-order chi connectivity index (χ1) is 10.3. The van der Waals surface area contributed by atoms with Gasteiger partial charge >= 0.3 is 0 Å². The molecule has 110 valence electrons. The van der Waals surface area contributed by atoms with Crippen LogP contribution in [0.25, 0.3) is 11.1 Å². The average Bonchev–Trinajstić information content (AvgIpc) is 2.91. The van der Waals surface area contributed by atoms with Crippen molar-refractivity contribution in [3.63, 3.8) is 0 Å². The fourth-order valence-corrected chi connectivity index (χ4v) is 3.67. The van der Waals surface area contributed by atoms with Crippen LogP contribution in [-0.4, -0.2) is 0 Å². The topological polar surface area (TPSA) is 0 Å². The highest BCUT2D eigenvalue weighted by molar-refractivity contribution is 5.77. The summed E-state index contributed by atoms with van der Waals surface area (Å²) in [4.78, 5) is 0. The molecule has 0 heteroatoms. The third kappa shape index (κ3) is 2.90. The molecule has 0 fully saturated rings. The Kier molecular flexibility index (Phi) is 4.43. The zero-order valence-electron chi connectivity index (χ0n) is 13.4. The second-order valence-electron chi connectivity index (χ2n) is 6.40. The van der Waals surface area contributed by atoms with Crippen LogP contribution >= 0.6 is 0 Å². The lowest BCUT2D eigenvalue weighted by Crippen LogP contribution is -2.05. The van der Waals surface area contributed by atoms with Gasteiger partial charge in [-0.05, 0) is 46.6 Å². The summed E-state index contributed by atoms with van der Waals surface area (Å²) in [5.74, 6) is 0.847. The summed E-state index contributed by atoms with van der Waals surface area (Å²) < 4.78 is 0. The number of unbranched alkanes of at least 4 members (excludes halogenated alkanes) is 1.